The van der Waals surface area contributed by atoms with Crippen LogP contribution in [0.3, 0.4) is 0 Å². The van der Waals surface area contributed by atoms with Gasteiger partial charge in [0, 0.05) is 12.7 Å². The Labute approximate surface area is 88.9 Å². The van der Waals surface area contributed by atoms with E-state index in [1.165, 1.54) is 0 Å². The zero-order valence-electron chi connectivity index (χ0n) is 8.91. The number of hydrogen-bond donors (Lipinski definition) is 2. The third-order valence-electron chi connectivity index (χ3n) is 1.71. The van der Waals surface area contributed by atoms with E-state index < -0.39 is 6.09 Å². The molecule has 0 aliphatic heterocycles. The van der Waals surface area contributed by atoms with E-state index in [2.05, 4.69) is 15.6 Å². The van der Waals surface area contributed by atoms with Gasteiger partial charge in [-0.1, -0.05) is 6.07 Å². The summed E-state index contributed by atoms with van der Waals surface area (Å²) in [5.41, 5.74) is 1.06. The molecule has 5 nitrogen and oxygen atoms in total. The highest BCUT2D eigenvalue weighted by molar-refractivity contribution is 5.83. The van der Waals surface area contributed by atoms with Crippen LogP contribution in [-0.4, -0.2) is 24.7 Å². The van der Waals surface area contributed by atoms with Gasteiger partial charge in [0.15, 0.2) is 0 Å². The van der Waals surface area contributed by atoms with Crippen LogP contribution in [0, 0.1) is 0 Å². The van der Waals surface area contributed by atoms with Gasteiger partial charge in [0.1, 0.15) is 5.82 Å². The van der Waals surface area contributed by atoms with Crippen molar-refractivity contribution in [3.63, 3.8) is 0 Å². The first-order valence-corrected chi connectivity index (χ1v) is 4.79. The molecule has 15 heavy (non-hydrogen) atoms. The molecule has 1 aromatic rings. The molecule has 1 aromatic heterocycles. The predicted molar refractivity (Wildman–Crippen MR) is 57.6 cm³/mol. The molecule has 1 amide bonds. The molecule has 0 aliphatic carbocycles. The molecule has 0 aliphatic rings. The largest absolute Gasteiger partial charge is 0.450 e. The van der Waals surface area contributed by atoms with Crippen molar-refractivity contribution in [3.05, 3.63) is 23.9 Å². The van der Waals surface area contributed by atoms with Crippen molar-refractivity contribution >= 4 is 11.9 Å². The lowest BCUT2D eigenvalue weighted by Crippen LogP contribution is -2.14. The van der Waals surface area contributed by atoms with Crippen LogP contribution in [0.1, 0.15) is 12.5 Å². The van der Waals surface area contributed by atoms with E-state index in [9.17, 15) is 4.79 Å². The fourth-order valence-corrected chi connectivity index (χ4v) is 1.08. The van der Waals surface area contributed by atoms with Crippen LogP contribution >= 0.6 is 0 Å². The van der Waals surface area contributed by atoms with Gasteiger partial charge >= 0.3 is 6.09 Å². The highest BCUT2D eigenvalue weighted by Gasteiger charge is 2.02. The zero-order chi connectivity index (χ0) is 11.1. The molecule has 0 saturated heterocycles. The zero-order valence-corrected chi connectivity index (χ0v) is 8.91. The first-order valence-electron chi connectivity index (χ1n) is 4.79. The minimum absolute atomic E-state index is 0.351. The molecule has 0 spiro atoms. The van der Waals surface area contributed by atoms with Crippen molar-refractivity contribution in [3.8, 4) is 0 Å². The second-order valence-electron chi connectivity index (χ2n) is 2.93. The van der Waals surface area contributed by atoms with Crippen molar-refractivity contribution in [1.29, 1.82) is 0 Å². The van der Waals surface area contributed by atoms with E-state index in [1.807, 2.05) is 13.1 Å². The van der Waals surface area contributed by atoms with Gasteiger partial charge in [-0.2, -0.15) is 0 Å². The van der Waals surface area contributed by atoms with Gasteiger partial charge in [-0.3, -0.25) is 5.32 Å². The van der Waals surface area contributed by atoms with Gasteiger partial charge in [-0.15, -0.1) is 0 Å². The summed E-state index contributed by atoms with van der Waals surface area (Å²) in [5.74, 6) is 0.494. The Morgan fingerprint density at radius 2 is 2.33 bits per heavy atom. The van der Waals surface area contributed by atoms with Gasteiger partial charge in [-0.25, -0.2) is 9.78 Å². The van der Waals surface area contributed by atoms with E-state index in [4.69, 9.17) is 4.74 Å². The van der Waals surface area contributed by atoms with Crippen molar-refractivity contribution in [2.45, 2.75) is 13.5 Å². The molecule has 0 aromatic carbocycles. The predicted octanol–water partition coefficient (Wildman–Crippen LogP) is 1.37. The summed E-state index contributed by atoms with van der Waals surface area (Å²) in [6.45, 7) is 2.86. The smallest absolute Gasteiger partial charge is 0.412 e. The number of carbonyl (C=O) groups is 1. The van der Waals surface area contributed by atoms with Gasteiger partial charge < -0.3 is 10.1 Å². The van der Waals surface area contributed by atoms with Crippen LogP contribution in [-0.2, 0) is 11.3 Å². The Bertz CT molecular complexity index is 311. The molecule has 0 fully saturated rings. The number of nitrogens with one attached hydrogen (secondary N) is 2. The monoisotopic (exact) mass is 209 g/mol. The Hall–Kier alpha value is -1.62. The molecule has 0 bridgehead atoms. The third-order valence-corrected chi connectivity index (χ3v) is 1.71. The summed E-state index contributed by atoms with van der Waals surface area (Å²) >= 11 is 0. The Kier molecular flexibility index (Phi) is 4.56. The van der Waals surface area contributed by atoms with Crippen molar-refractivity contribution in [2.75, 3.05) is 19.0 Å². The van der Waals surface area contributed by atoms with Crippen LogP contribution in [0.15, 0.2) is 18.3 Å². The number of carbonyl (C=O) groups excluding carboxylic acids is 1. The van der Waals surface area contributed by atoms with Gasteiger partial charge in [0.05, 0.1) is 6.61 Å². The van der Waals surface area contributed by atoms with Crippen molar-refractivity contribution < 1.29 is 9.53 Å². The Morgan fingerprint density at radius 3 is 2.87 bits per heavy atom. The van der Waals surface area contributed by atoms with E-state index in [1.54, 1.807) is 19.2 Å². The lowest BCUT2D eigenvalue weighted by atomic mass is 10.3. The lowest BCUT2D eigenvalue weighted by molar-refractivity contribution is 0.168. The maximum atomic E-state index is 11.0. The fraction of sp³-hybridized carbons (Fsp3) is 0.400. The molecule has 0 radical (unpaired) electrons. The number of nitrogens with zero attached hydrogens (tertiary/aromatic N) is 1. The Morgan fingerprint density at radius 1 is 1.53 bits per heavy atom. The number of ether oxygens (including phenoxy) is 1. The molecule has 0 unspecified atom stereocenters. The number of anilines is 1. The maximum Gasteiger partial charge on any atom is 0.412 e. The minimum atomic E-state index is -0.480. The van der Waals surface area contributed by atoms with Crippen LogP contribution in [0.25, 0.3) is 0 Å². The summed E-state index contributed by atoms with van der Waals surface area (Å²) in [6.07, 6.45) is 1.23. The number of hydrogen-bond acceptors (Lipinski definition) is 4. The molecule has 5 heteroatoms. The Balaban J connectivity index is 2.52. The van der Waals surface area contributed by atoms with Crippen molar-refractivity contribution in [1.82, 2.24) is 10.3 Å². The van der Waals surface area contributed by atoms with E-state index >= 15 is 0 Å². The highest BCUT2D eigenvalue weighted by Crippen LogP contribution is 2.05. The summed E-state index contributed by atoms with van der Waals surface area (Å²) < 4.78 is 4.72. The number of amides is 1. The van der Waals surface area contributed by atoms with Crippen LogP contribution < -0.4 is 10.6 Å². The first kappa shape index (κ1) is 11.5. The third kappa shape index (κ3) is 3.95. The molecular formula is C10H15N3O2. The summed E-state index contributed by atoms with van der Waals surface area (Å²) in [6, 6.07) is 3.63. The second kappa shape index (κ2) is 5.98. The molecule has 1 heterocycles. The molecule has 0 saturated carbocycles. The maximum absolute atomic E-state index is 11.0. The number of aromatic nitrogens is 1. The lowest BCUT2D eigenvalue weighted by Gasteiger charge is -2.05. The SMILES string of the molecule is CCOC(=O)Nc1ccc(CNC)cn1. The van der Waals surface area contributed by atoms with E-state index in [-0.39, 0.29) is 0 Å². The van der Waals surface area contributed by atoms with Crippen LogP contribution in [0.4, 0.5) is 10.6 Å². The van der Waals surface area contributed by atoms with Gasteiger partial charge in [0.25, 0.3) is 0 Å². The average Bonchev–Trinajstić information content (AvgIpc) is 2.22. The van der Waals surface area contributed by atoms with Gasteiger partial charge in [-0.05, 0) is 25.6 Å². The minimum Gasteiger partial charge on any atom is -0.450 e. The van der Waals surface area contributed by atoms with Crippen molar-refractivity contribution in [2.24, 2.45) is 0 Å². The topological polar surface area (TPSA) is 63.2 Å². The number of pyridine rings is 1. The summed E-state index contributed by atoms with van der Waals surface area (Å²) in [7, 11) is 1.87. The van der Waals surface area contributed by atoms with Gasteiger partial charge in [0.2, 0.25) is 0 Å². The number of rotatable bonds is 4. The standard InChI is InChI=1S/C10H15N3O2/c1-3-15-10(14)13-9-5-4-8(6-11-2)7-12-9/h4-5,7,11H,3,6H2,1-2H3,(H,12,13,14). The molecular weight excluding hydrogens is 194 g/mol. The average molecular weight is 209 g/mol. The molecule has 0 atom stereocenters. The quantitative estimate of drug-likeness (QED) is 0.786. The van der Waals surface area contributed by atoms with Crippen LogP contribution in [0.5, 0.6) is 0 Å². The highest BCUT2D eigenvalue weighted by atomic mass is 16.5. The fourth-order valence-electron chi connectivity index (χ4n) is 1.08. The molecule has 1 rings (SSSR count). The first-order chi connectivity index (χ1) is 7.26. The van der Waals surface area contributed by atoms with Crippen LogP contribution in [0.2, 0.25) is 0 Å². The molecule has 2 N–H and O–H groups in total. The van der Waals surface area contributed by atoms with E-state index in [0.29, 0.717) is 12.4 Å². The van der Waals surface area contributed by atoms with E-state index in [0.717, 1.165) is 12.1 Å². The normalized spacial score (nSPS) is 9.73. The summed E-state index contributed by atoms with van der Waals surface area (Å²) in [4.78, 5) is 15.1. The molecule has 82 valence electrons. The second-order valence-corrected chi connectivity index (χ2v) is 2.93. The summed E-state index contributed by atoms with van der Waals surface area (Å²) in [5, 5.41) is 5.53.